The molecule has 0 spiro atoms. The van der Waals surface area contributed by atoms with E-state index in [-0.39, 0.29) is 79.9 Å². The number of alkyl halides is 5. The van der Waals surface area contributed by atoms with Crippen molar-refractivity contribution < 1.29 is 35.2 Å². The first-order chi connectivity index (χ1) is 16.6. The van der Waals surface area contributed by atoms with E-state index >= 15 is 0 Å². The lowest BCUT2D eigenvalue weighted by Crippen LogP contribution is -2.62. The molecular formula is C24H33Cl2F5N2O3S. The zero-order chi connectivity index (χ0) is 26.9. The van der Waals surface area contributed by atoms with E-state index in [0.717, 1.165) is 12.1 Å². The van der Waals surface area contributed by atoms with Crippen molar-refractivity contribution in [1.29, 1.82) is 0 Å². The highest BCUT2D eigenvalue weighted by Gasteiger charge is 2.48. The van der Waals surface area contributed by atoms with E-state index in [9.17, 15) is 35.2 Å². The normalized spacial score (nSPS) is 22.9. The van der Waals surface area contributed by atoms with Gasteiger partial charge in [0.1, 0.15) is 0 Å². The molecule has 0 amide bonds. The van der Waals surface area contributed by atoms with Crippen LogP contribution in [0.2, 0.25) is 5.02 Å². The maximum atomic E-state index is 14.1. The van der Waals surface area contributed by atoms with Crippen LogP contribution in [-0.2, 0) is 16.2 Å². The highest BCUT2D eigenvalue weighted by atomic mass is 35.5. The third-order valence-electron chi connectivity index (χ3n) is 7.38. The fraction of sp³-hybridized carbons (Fsp3) is 0.708. The molecule has 1 aromatic carbocycles. The van der Waals surface area contributed by atoms with Crippen molar-refractivity contribution in [3.05, 3.63) is 34.3 Å². The summed E-state index contributed by atoms with van der Waals surface area (Å²) in [5.74, 6) is -3.22. The van der Waals surface area contributed by atoms with Crippen molar-refractivity contribution >= 4 is 39.8 Å². The Bertz CT molecular complexity index is 1060. The smallest absolute Gasteiger partial charge is 0.295 e. The Balaban J connectivity index is 0.00000481. The molecule has 1 aliphatic heterocycles. The minimum Gasteiger partial charge on any atom is -0.295 e. The first-order valence-electron chi connectivity index (χ1n) is 12.1. The highest BCUT2D eigenvalue weighted by Crippen LogP contribution is 2.45. The van der Waals surface area contributed by atoms with Gasteiger partial charge in [-0.3, -0.25) is 9.69 Å². The quantitative estimate of drug-likeness (QED) is 0.257. The number of piperazine rings is 1. The van der Waals surface area contributed by atoms with Crippen molar-refractivity contribution in [2.75, 3.05) is 25.4 Å². The molecule has 0 N–H and O–H groups in total. The summed E-state index contributed by atoms with van der Waals surface area (Å²) in [5, 5.41) is -0.303. The summed E-state index contributed by atoms with van der Waals surface area (Å²) in [5.41, 5.74) is -1.73. The summed E-state index contributed by atoms with van der Waals surface area (Å²) in [6, 6.07) is 2.21. The number of sulfonamides is 1. The Labute approximate surface area is 226 Å². The van der Waals surface area contributed by atoms with Gasteiger partial charge in [-0.15, -0.1) is 12.4 Å². The third kappa shape index (κ3) is 7.56. The number of hydrogen-bond donors (Lipinski definition) is 0. The van der Waals surface area contributed by atoms with Crippen LogP contribution >= 0.6 is 24.0 Å². The zero-order valence-corrected chi connectivity index (χ0v) is 23.2. The van der Waals surface area contributed by atoms with Crippen LogP contribution in [0.25, 0.3) is 0 Å². The van der Waals surface area contributed by atoms with E-state index in [0.29, 0.717) is 25.6 Å². The van der Waals surface area contributed by atoms with E-state index in [1.807, 2.05) is 4.90 Å². The SMILES string of the molecule is CCCS(=O)(=O)N1CCN(C2(CCC(=O)c3ccc(C(F)(F)F)cc3Cl)CCC(F)(F)CC2)CC1C.Cl. The Kier molecular flexibility index (Phi) is 10.5. The summed E-state index contributed by atoms with van der Waals surface area (Å²) in [7, 11) is -3.42. The number of ketones is 1. The summed E-state index contributed by atoms with van der Waals surface area (Å²) < 4.78 is 93.6. The van der Waals surface area contributed by atoms with E-state index in [4.69, 9.17) is 11.6 Å². The number of halogens is 7. The van der Waals surface area contributed by atoms with E-state index in [2.05, 4.69) is 0 Å². The van der Waals surface area contributed by atoms with E-state index < -0.39 is 39.0 Å². The Morgan fingerprint density at radius 3 is 2.27 bits per heavy atom. The minimum atomic E-state index is -4.59. The third-order valence-corrected chi connectivity index (χ3v) is 9.88. The van der Waals surface area contributed by atoms with Crippen LogP contribution in [0.15, 0.2) is 18.2 Å². The summed E-state index contributed by atoms with van der Waals surface area (Å²) in [6.45, 7) is 4.52. The molecule has 3 rings (SSSR count). The molecule has 2 fully saturated rings. The van der Waals surface area contributed by atoms with Crippen LogP contribution in [0.1, 0.15) is 74.7 Å². The molecule has 0 radical (unpaired) electrons. The average molecular weight is 596 g/mol. The van der Waals surface area contributed by atoms with E-state index in [1.165, 1.54) is 4.31 Å². The number of carbonyl (C=O) groups excluding carboxylic acids is 1. The molecule has 1 saturated heterocycles. The van der Waals surface area contributed by atoms with Gasteiger partial charge >= 0.3 is 6.18 Å². The average Bonchev–Trinajstić information content (AvgIpc) is 2.77. The number of nitrogens with zero attached hydrogens (tertiary/aromatic N) is 2. The van der Waals surface area contributed by atoms with Gasteiger partial charge in [-0.1, -0.05) is 18.5 Å². The maximum Gasteiger partial charge on any atom is 0.416 e. The first kappa shape index (κ1) is 32.2. The van der Waals surface area contributed by atoms with Gasteiger partial charge in [0.25, 0.3) is 0 Å². The molecule has 2 aliphatic rings. The molecule has 1 aromatic rings. The lowest BCUT2D eigenvalue weighted by molar-refractivity contribution is -0.137. The predicted molar refractivity (Wildman–Crippen MR) is 135 cm³/mol. The van der Waals surface area contributed by atoms with Crippen molar-refractivity contribution in [2.45, 2.75) is 82.5 Å². The first-order valence-corrected chi connectivity index (χ1v) is 14.1. The lowest BCUT2D eigenvalue weighted by Gasteiger charge is -2.52. The van der Waals surface area contributed by atoms with Crippen molar-refractivity contribution in [2.24, 2.45) is 0 Å². The second kappa shape index (κ2) is 12.0. The van der Waals surface area contributed by atoms with Crippen LogP contribution in [0.4, 0.5) is 22.0 Å². The highest BCUT2D eigenvalue weighted by molar-refractivity contribution is 7.89. The minimum absolute atomic E-state index is 0. The molecule has 13 heteroatoms. The topological polar surface area (TPSA) is 57.7 Å². The molecule has 0 bridgehead atoms. The number of Topliss-reactive ketones (excluding diaryl/α,β-unsaturated/α-hetero) is 1. The molecule has 1 aliphatic carbocycles. The van der Waals surface area contributed by atoms with Gasteiger partial charge in [0.2, 0.25) is 15.9 Å². The van der Waals surface area contributed by atoms with Crippen LogP contribution in [0.5, 0.6) is 0 Å². The monoisotopic (exact) mass is 594 g/mol. The Morgan fingerprint density at radius 1 is 1.14 bits per heavy atom. The number of hydrogen-bond acceptors (Lipinski definition) is 4. The summed E-state index contributed by atoms with van der Waals surface area (Å²) in [6.07, 6.45) is -4.34. The molecule has 1 unspecified atom stereocenters. The summed E-state index contributed by atoms with van der Waals surface area (Å²) >= 11 is 5.98. The molecule has 1 heterocycles. The second-order valence-corrected chi connectivity index (χ2v) is 12.4. The van der Waals surface area contributed by atoms with Gasteiger partial charge < -0.3 is 0 Å². The van der Waals surface area contributed by atoms with Gasteiger partial charge in [0.15, 0.2) is 5.78 Å². The van der Waals surface area contributed by atoms with Crippen LogP contribution < -0.4 is 0 Å². The van der Waals surface area contributed by atoms with Gasteiger partial charge in [0, 0.05) is 56.0 Å². The fourth-order valence-electron chi connectivity index (χ4n) is 5.36. The van der Waals surface area contributed by atoms with Gasteiger partial charge in [-0.2, -0.15) is 17.5 Å². The summed E-state index contributed by atoms with van der Waals surface area (Å²) in [4.78, 5) is 15.0. The molecule has 37 heavy (non-hydrogen) atoms. The standard InChI is InChI=1S/C24H32ClF5N2O3S.ClH/c1-3-14-36(34,35)32-13-12-31(16-17(32)2)22(8-10-23(26,27)11-9-22)7-6-21(33)19-5-4-18(15-20(19)25)24(28,29)30;/h4-5,15,17H,3,6-14,16H2,1-2H3;1H. The Hall–Kier alpha value is -1.01. The lowest BCUT2D eigenvalue weighted by atomic mass is 9.74. The molecule has 5 nitrogen and oxygen atoms in total. The van der Waals surface area contributed by atoms with Gasteiger partial charge in [-0.05, 0) is 50.8 Å². The Morgan fingerprint density at radius 2 is 1.76 bits per heavy atom. The second-order valence-electron chi connectivity index (χ2n) is 9.92. The van der Waals surface area contributed by atoms with Crippen molar-refractivity contribution in [1.82, 2.24) is 9.21 Å². The molecule has 1 saturated carbocycles. The van der Waals surface area contributed by atoms with Crippen LogP contribution in [0, 0.1) is 0 Å². The molecular weight excluding hydrogens is 562 g/mol. The number of rotatable bonds is 8. The molecule has 1 atom stereocenters. The maximum absolute atomic E-state index is 14.1. The van der Waals surface area contributed by atoms with Crippen LogP contribution in [0.3, 0.4) is 0 Å². The molecule has 212 valence electrons. The van der Waals surface area contributed by atoms with Gasteiger partial charge in [0.05, 0.1) is 16.3 Å². The van der Waals surface area contributed by atoms with Crippen molar-refractivity contribution in [3.63, 3.8) is 0 Å². The largest absolute Gasteiger partial charge is 0.416 e. The number of benzene rings is 1. The number of carbonyl (C=O) groups is 1. The molecule has 0 aromatic heterocycles. The fourth-order valence-corrected chi connectivity index (χ4v) is 7.38. The predicted octanol–water partition coefficient (Wildman–Crippen LogP) is 6.44. The van der Waals surface area contributed by atoms with Crippen molar-refractivity contribution in [3.8, 4) is 0 Å². The van der Waals surface area contributed by atoms with Gasteiger partial charge in [-0.25, -0.2) is 17.2 Å². The van der Waals surface area contributed by atoms with Crippen LogP contribution in [-0.4, -0.2) is 66.3 Å². The van der Waals surface area contributed by atoms with E-state index in [1.54, 1.807) is 13.8 Å². The zero-order valence-electron chi connectivity index (χ0n) is 20.8.